The molecule has 5 unspecified atom stereocenters. The molecular weight excluding hydrogens is 472 g/mol. The Kier molecular flexibility index (Phi) is 5.56. The van der Waals surface area contributed by atoms with Crippen LogP contribution in [-0.4, -0.2) is 49.4 Å². The molecule has 0 saturated heterocycles. The van der Waals surface area contributed by atoms with Gasteiger partial charge in [-0.1, -0.05) is 61.5 Å². The standard InChI is InChI=1S/C29H32N2O4S/c1-27-11-9-19(32)13-18(27)7-8-21-22-10-12-29(35,28(22,2)14-23(33)25(21)27)24(34)16-36-26-20-6-4-3-5-17(20)15-30-31-26/h3-6,9,11,13,15,21-23,25,33,35H,7-8,10,12,14,16H2,1-2H3/t21?,22?,23-,25?,27?,28?,29-/m0/s1. The van der Waals surface area contributed by atoms with Crippen LogP contribution < -0.4 is 0 Å². The summed E-state index contributed by atoms with van der Waals surface area (Å²) >= 11 is 1.33. The van der Waals surface area contributed by atoms with Crippen molar-refractivity contribution in [1.29, 1.82) is 0 Å². The topological polar surface area (TPSA) is 100 Å². The molecule has 1 aromatic heterocycles. The van der Waals surface area contributed by atoms with Gasteiger partial charge in [-0.05, 0) is 56.1 Å². The third-order valence-corrected chi connectivity index (χ3v) is 11.0. The predicted octanol–water partition coefficient (Wildman–Crippen LogP) is 4.30. The van der Waals surface area contributed by atoms with Crippen molar-refractivity contribution >= 4 is 34.1 Å². The van der Waals surface area contributed by atoms with E-state index in [1.165, 1.54) is 11.8 Å². The molecule has 0 bridgehead atoms. The molecule has 1 aromatic carbocycles. The van der Waals surface area contributed by atoms with E-state index in [4.69, 9.17) is 0 Å². The fourth-order valence-electron chi connectivity index (χ4n) is 8.15. The molecule has 3 saturated carbocycles. The highest BCUT2D eigenvalue weighted by Gasteiger charge is 2.67. The molecule has 4 aliphatic rings. The van der Waals surface area contributed by atoms with Crippen molar-refractivity contribution in [2.45, 2.75) is 62.7 Å². The first-order valence-electron chi connectivity index (χ1n) is 12.9. The summed E-state index contributed by atoms with van der Waals surface area (Å²) in [6.45, 7) is 4.15. The van der Waals surface area contributed by atoms with Crippen LogP contribution in [-0.2, 0) is 9.59 Å². The number of allylic oxidation sites excluding steroid dienone is 4. The van der Waals surface area contributed by atoms with Crippen molar-refractivity contribution in [3.05, 3.63) is 54.3 Å². The van der Waals surface area contributed by atoms with Crippen molar-refractivity contribution in [2.75, 3.05) is 5.75 Å². The van der Waals surface area contributed by atoms with E-state index >= 15 is 0 Å². The van der Waals surface area contributed by atoms with E-state index < -0.39 is 17.1 Å². The maximum absolute atomic E-state index is 13.7. The highest BCUT2D eigenvalue weighted by atomic mass is 32.2. The third kappa shape index (κ3) is 3.32. The maximum atomic E-state index is 13.7. The zero-order valence-electron chi connectivity index (χ0n) is 20.7. The second kappa shape index (κ2) is 8.33. The van der Waals surface area contributed by atoms with Crippen molar-refractivity contribution in [3.8, 4) is 0 Å². The van der Waals surface area contributed by atoms with Crippen LogP contribution in [0.4, 0.5) is 0 Å². The molecular formula is C29H32N2O4S. The lowest BCUT2D eigenvalue weighted by atomic mass is 9.46. The zero-order valence-corrected chi connectivity index (χ0v) is 21.5. The lowest BCUT2D eigenvalue weighted by Crippen LogP contribution is -2.61. The van der Waals surface area contributed by atoms with E-state index in [1.54, 1.807) is 18.3 Å². The molecule has 36 heavy (non-hydrogen) atoms. The summed E-state index contributed by atoms with van der Waals surface area (Å²) in [7, 11) is 0. The van der Waals surface area contributed by atoms with Gasteiger partial charge in [0.15, 0.2) is 11.6 Å². The van der Waals surface area contributed by atoms with Gasteiger partial charge >= 0.3 is 0 Å². The summed E-state index contributed by atoms with van der Waals surface area (Å²) in [5, 5.41) is 34.4. The molecule has 6 nitrogen and oxygen atoms in total. The Balaban J connectivity index is 1.26. The Morgan fingerprint density at radius 3 is 2.86 bits per heavy atom. The van der Waals surface area contributed by atoms with Crippen LogP contribution in [0.2, 0.25) is 0 Å². The highest BCUT2D eigenvalue weighted by molar-refractivity contribution is 8.00. The number of hydrogen-bond acceptors (Lipinski definition) is 7. The average Bonchev–Trinajstić information content (AvgIpc) is 3.13. The molecule has 6 rings (SSSR count). The number of Topliss-reactive ketones (excluding diaryl/α,β-unsaturated/α-hetero) is 1. The van der Waals surface area contributed by atoms with E-state index in [-0.39, 0.29) is 40.5 Å². The minimum absolute atomic E-state index is 0.0160. The first kappa shape index (κ1) is 24.0. The quantitative estimate of drug-likeness (QED) is 0.599. The van der Waals surface area contributed by atoms with Gasteiger partial charge in [0.1, 0.15) is 10.6 Å². The largest absolute Gasteiger partial charge is 0.393 e. The molecule has 4 aliphatic carbocycles. The van der Waals surface area contributed by atoms with Gasteiger partial charge in [0.2, 0.25) is 0 Å². The van der Waals surface area contributed by atoms with Crippen molar-refractivity contribution in [3.63, 3.8) is 0 Å². The normalized spacial score (nSPS) is 39.3. The maximum Gasteiger partial charge on any atom is 0.178 e. The Hall–Kier alpha value is -2.35. The number of nitrogens with zero attached hydrogens (tertiary/aromatic N) is 2. The summed E-state index contributed by atoms with van der Waals surface area (Å²) in [4.78, 5) is 25.7. The number of rotatable bonds is 4. The first-order valence-corrected chi connectivity index (χ1v) is 13.9. The van der Waals surface area contributed by atoms with Gasteiger partial charge < -0.3 is 10.2 Å². The van der Waals surface area contributed by atoms with Gasteiger partial charge in [0, 0.05) is 27.5 Å². The van der Waals surface area contributed by atoms with Crippen LogP contribution in [0.1, 0.15) is 46.0 Å². The van der Waals surface area contributed by atoms with Crippen LogP contribution in [0.25, 0.3) is 10.8 Å². The number of hydrogen-bond donors (Lipinski definition) is 2. The molecule has 7 atom stereocenters. The highest BCUT2D eigenvalue weighted by Crippen LogP contribution is 2.67. The summed E-state index contributed by atoms with van der Waals surface area (Å²) in [5.41, 5.74) is -1.42. The Morgan fingerprint density at radius 2 is 2.03 bits per heavy atom. The molecule has 0 radical (unpaired) electrons. The van der Waals surface area contributed by atoms with Gasteiger partial charge in [-0.3, -0.25) is 9.59 Å². The Morgan fingerprint density at radius 1 is 1.22 bits per heavy atom. The molecule has 1 heterocycles. The Bertz CT molecular complexity index is 1320. The van der Waals surface area contributed by atoms with Gasteiger partial charge in [-0.15, -0.1) is 5.10 Å². The minimum Gasteiger partial charge on any atom is -0.393 e. The zero-order chi connectivity index (χ0) is 25.3. The van der Waals surface area contributed by atoms with Crippen molar-refractivity contribution in [2.24, 2.45) is 28.6 Å². The third-order valence-electron chi connectivity index (χ3n) is 9.99. The number of benzene rings is 1. The van der Waals surface area contributed by atoms with Gasteiger partial charge in [-0.25, -0.2) is 0 Å². The SMILES string of the molecule is CC12C=CC(=O)C=C1CCC1C2[C@@H](O)CC2(C)C1CC[C@]2(O)C(=O)CSc1nncc2ccccc12. The number of thioether (sulfide) groups is 1. The number of carbonyl (C=O) groups is 2. The number of aliphatic hydroxyl groups is 2. The number of aromatic nitrogens is 2. The van der Waals surface area contributed by atoms with Crippen molar-refractivity contribution < 1.29 is 19.8 Å². The van der Waals surface area contributed by atoms with Crippen LogP contribution in [0.3, 0.4) is 0 Å². The molecule has 3 fully saturated rings. The molecule has 2 N–H and O–H groups in total. The number of carbonyl (C=O) groups excluding carboxylic acids is 2. The van der Waals surface area contributed by atoms with Crippen LogP contribution in [0.5, 0.6) is 0 Å². The number of aliphatic hydroxyl groups excluding tert-OH is 1. The molecule has 0 spiro atoms. The van der Waals surface area contributed by atoms with E-state index in [0.717, 1.165) is 35.6 Å². The van der Waals surface area contributed by atoms with E-state index in [0.29, 0.717) is 17.9 Å². The van der Waals surface area contributed by atoms with Crippen molar-refractivity contribution in [1.82, 2.24) is 10.2 Å². The minimum atomic E-state index is -1.48. The molecule has 0 aliphatic heterocycles. The summed E-state index contributed by atoms with van der Waals surface area (Å²) < 4.78 is 0. The van der Waals surface area contributed by atoms with Crippen LogP contribution in [0.15, 0.2) is 59.3 Å². The number of fused-ring (bicyclic) bond motifs is 6. The van der Waals surface area contributed by atoms with E-state index in [1.807, 2.05) is 37.3 Å². The van der Waals surface area contributed by atoms with Gasteiger partial charge in [0.05, 0.1) is 18.1 Å². The predicted molar refractivity (Wildman–Crippen MR) is 138 cm³/mol. The van der Waals surface area contributed by atoms with E-state index in [2.05, 4.69) is 17.1 Å². The van der Waals surface area contributed by atoms with Crippen LogP contribution in [0, 0.1) is 28.6 Å². The number of ketones is 2. The smallest absolute Gasteiger partial charge is 0.178 e. The summed E-state index contributed by atoms with van der Waals surface area (Å²) in [6, 6.07) is 7.82. The van der Waals surface area contributed by atoms with Crippen LogP contribution >= 0.6 is 11.8 Å². The molecule has 7 heteroatoms. The lowest BCUT2D eigenvalue weighted by molar-refractivity contribution is -0.174. The second-order valence-corrected chi connectivity index (χ2v) is 12.5. The second-order valence-electron chi connectivity index (χ2n) is 11.6. The Labute approximate surface area is 215 Å². The summed E-state index contributed by atoms with van der Waals surface area (Å²) in [6.07, 6.45) is 9.67. The monoisotopic (exact) mass is 504 g/mol. The summed E-state index contributed by atoms with van der Waals surface area (Å²) in [5.74, 6) is 0.261. The molecule has 188 valence electrons. The first-order chi connectivity index (χ1) is 17.2. The van der Waals surface area contributed by atoms with E-state index in [9.17, 15) is 19.8 Å². The molecule has 0 amide bonds. The van der Waals surface area contributed by atoms with Gasteiger partial charge in [0.25, 0.3) is 0 Å². The molecule has 2 aromatic rings. The fourth-order valence-corrected chi connectivity index (χ4v) is 9.10. The fraction of sp³-hybridized carbons (Fsp3) is 0.517. The lowest BCUT2D eigenvalue weighted by Gasteiger charge is -2.59. The average molecular weight is 505 g/mol. The van der Waals surface area contributed by atoms with Gasteiger partial charge in [-0.2, -0.15) is 5.10 Å².